The van der Waals surface area contributed by atoms with Crippen LogP contribution in [0.25, 0.3) is 0 Å². The van der Waals surface area contributed by atoms with Gasteiger partial charge in [-0.1, -0.05) is 24.3 Å². The number of benzene rings is 2. The lowest BCUT2D eigenvalue weighted by molar-refractivity contribution is 0.0934. The van der Waals surface area contributed by atoms with E-state index in [4.69, 9.17) is 4.42 Å². The molecule has 0 aliphatic carbocycles. The van der Waals surface area contributed by atoms with Crippen molar-refractivity contribution in [3.63, 3.8) is 0 Å². The summed E-state index contributed by atoms with van der Waals surface area (Å²) in [5.41, 5.74) is 0.714. The number of amides is 1. The second-order valence-corrected chi connectivity index (χ2v) is 9.17. The molecule has 3 aromatic rings. The van der Waals surface area contributed by atoms with Crippen LogP contribution in [0.4, 0.5) is 5.69 Å². The first kappa shape index (κ1) is 21.1. The van der Waals surface area contributed by atoms with Crippen LogP contribution < -0.4 is 10.0 Å². The van der Waals surface area contributed by atoms with Crippen LogP contribution in [0.5, 0.6) is 0 Å². The Balaban J connectivity index is 1.44. The molecule has 0 radical (unpaired) electrons. The van der Waals surface area contributed by atoms with E-state index < -0.39 is 10.0 Å². The van der Waals surface area contributed by atoms with Crippen LogP contribution in [-0.2, 0) is 10.0 Å². The van der Waals surface area contributed by atoms with Gasteiger partial charge in [0, 0.05) is 17.8 Å². The first-order chi connectivity index (χ1) is 15.0. The molecule has 0 saturated carbocycles. The quantitative estimate of drug-likeness (QED) is 0.559. The van der Waals surface area contributed by atoms with Crippen molar-refractivity contribution in [2.45, 2.75) is 23.8 Å². The maximum absolute atomic E-state index is 12.8. The molecule has 1 aromatic heterocycles. The summed E-state index contributed by atoms with van der Waals surface area (Å²) in [5, 5.41) is 2.97. The molecule has 4 rings (SSSR count). The van der Waals surface area contributed by atoms with Crippen LogP contribution in [-0.4, -0.2) is 38.9 Å². The number of hydrogen-bond donors (Lipinski definition) is 2. The number of carbonyl (C=O) groups excluding carboxylic acids is 1. The van der Waals surface area contributed by atoms with Crippen LogP contribution in [0.1, 0.15) is 35.0 Å². The summed E-state index contributed by atoms with van der Waals surface area (Å²) in [6, 6.07) is 18.3. The predicted octanol–water partition coefficient (Wildman–Crippen LogP) is 3.65. The average Bonchev–Trinajstić information content (AvgIpc) is 3.49. The van der Waals surface area contributed by atoms with Crippen LogP contribution in [0.2, 0.25) is 0 Å². The number of carbonyl (C=O) groups is 1. The number of hydrogen-bond acceptors (Lipinski definition) is 5. The first-order valence-corrected chi connectivity index (χ1v) is 11.7. The van der Waals surface area contributed by atoms with E-state index in [2.05, 4.69) is 14.9 Å². The smallest absolute Gasteiger partial charge is 0.261 e. The molecule has 2 N–H and O–H groups in total. The summed E-state index contributed by atoms with van der Waals surface area (Å²) in [5.74, 6) is 0.558. The zero-order chi connectivity index (χ0) is 21.7. The zero-order valence-corrected chi connectivity index (χ0v) is 17.8. The molecule has 0 spiro atoms. The minimum absolute atomic E-state index is 0.0267. The van der Waals surface area contributed by atoms with Gasteiger partial charge in [-0.05, 0) is 68.4 Å². The van der Waals surface area contributed by atoms with E-state index in [-0.39, 0.29) is 16.8 Å². The van der Waals surface area contributed by atoms with Gasteiger partial charge in [0.05, 0.1) is 17.2 Å². The molecule has 1 saturated heterocycles. The Labute approximate surface area is 182 Å². The van der Waals surface area contributed by atoms with Gasteiger partial charge in [0.1, 0.15) is 5.76 Å². The van der Waals surface area contributed by atoms with E-state index in [0.717, 1.165) is 31.7 Å². The summed E-state index contributed by atoms with van der Waals surface area (Å²) in [7, 11) is -3.72. The standard InChI is InChI=1S/C23H25N3O4S/c27-23(24-17-21(22-12-7-15-30-22)26-13-4-5-14-26)18-8-6-9-19(16-18)25-31(28,29)20-10-2-1-3-11-20/h1-3,6-12,15-16,21,25H,4-5,13-14,17H2,(H,24,27)/t21-/m0/s1. The Kier molecular flexibility index (Phi) is 6.39. The normalized spacial score (nSPS) is 15.5. The van der Waals surface area contributed by atoms with Gasteiger partial charge in [0.15, 0.2) is 0 Å². The van der Waals surface area contributed by atoms with E-state index in [9.17, 15) is 13.2 Å². The lowest BCUT2D eigenvalue weighted by atomic mass is 10.1. The molecular formula is C23H25N3O4S. The van der Waals surface area contributed by atoms with Crippen LogP contribution in [0.15, 0.2) is 82.3 Å². The van der Waals surface area contributed by atoms with Gasteiger partial charge in [0.25, 0.3) is 15.9 Å². The van der Waals surface area contributed by atoms with Crippen molar-refractivity contribution in [1.82, 2.24) is 10.2 Å². The maximum Gasteiger partial charge on any atom is 0.261 e. The third-order valence-corrected chi connectivity index (χ3v) is 6.74. The summed E-state index contributed by atoms with van der Waals surface area (Å²) >= 11 is 0. The highest BCUT2D eigenvalue weighted by atomic mass is 32.2. The van der Waals surface area contributed by atoms with Crippen molar-refractivity contribution in [2.75, 3.05) is 24.4 Å². The number of likely N-dealkylation sites (tertiary alicyclic amines) is 1. The molecule has 1 atom stereocenters. The number of anilines is 1. The van der Waals surface area contributed by atoms with E-state index in [1.807, 2.05) is 12.1 Å². The van der Waals surface area contributed by atoms with Gasteiger partial charge in [-0.15, -0.1) is 0 Å². The molecule has 1 fully saturated rings. The fraction of sp³-hybridized carbons (Fsp3) is 0.261. The van der Waals surface area contributed by atoms with Crippen molar-refractivity contribution < 1.29 is 17.6 Å². The van der Waals surface area contributed by atoms with Crippen LogP contribution in [0.3, 0.4) is 0 Å². The van der Waals surface area contributed by atoms with Crippen molar-refractivity contribution in [3.8, 4) is 0 Å². The third kappa shape index (κ3) is 5.15. The Morgan fingerprint density at radius 3 is 2.48 bits per heavy atom. The van der Waals surface area contributed by atoms with Crippen LogP contribution >= 0.6 is 0 Å². The Hall–Kier alpha value is -3.10. The Bertz CT molecular complexity index is 1110. The van der Waals surface area contributed by atoms with Crippen LogP contribution in [0, 0.1) is 0 Å². The van der Waals surface area contributed by atoms with E-state index in [1.165, 1.54) is 18.2 Å². The number of nitrogens with zero attached hydrogens (tertiary/aromatic N) is 1. The predicted molar refractivity (Wildman–Crippen MR) is 118 cm³/mol. The summed E-state index contributed by atoms with van der Waals surface area (Å²) in [6.07, 6.45) is 3.91. The van der Waals surface area contributed by atoms with Gasteiger partial charge >= 0.3 is 0 Å². The SMILES string of the molecule is O=C(NC[C@@H](c1ccco1)N1CCCC1)c1cccc(NS(=O)(=O)c2ccccc2)c1. The van der Waals surface area contributed by atoms with E-state index in [0.29, 0.717) is 17.8 Å². The summed E-state index contributed by atoms with van der Waals surface area (Å²) in [6.45, 7) is 2.35. The minimum Gasteiger partial charge on any atom is -0.468 e. The monoisotopic (exact) mass is 439 g/mol. The Morgan fingerprint density at radius 1 is 1.00 bits per heavy atom. The molecule has 2 aromatic carbocycles. The number of furan rings is 1. The van der Waals surface area contributed by atoms with Gasteiger partial charge in [0.2, 0.25) is 0 Å². The average molecular weight is 440 g/mol. The second kappa shape index (κ2) is 9.36. The lowest BCUT2D eigenvalue weighted by Crippen LogP contribution is -2.36. The highest BCUT2D eigenvalue weighted by Crippen LogP contribution is 2.25. The molecule has 162 valence electrons. The third-order valence-electron chi connectivity index (χ3n) is 5.34. The molecule has 1 aliphatic heterocycles. The van der Waals surface area contributed by atoms with E-state index >= 15 is 0 Å². The fourth-order valence-electron chi connectivity index (χ4n) is 3.77. The fourth-order valence-corrected chi connectivity index (χ4v) is 4.84. The highest BCUT2D eigenvalue weighted by Gasteiger charge is 2.26. The topological polar surface area (TPSA) is 91.7 Å². The van der Waals surface area contributed by atoms with Crippen molar-refractivity contribution in [1.29, 1.82) is 0 Å². The van der Waals surface area contributed by atoms with Crippen molar-refractivity contribution >= 4 is 21.6 Å². The van der Waals surface area contributed by atoms with Gasteiger partial charge in [-0.25, -0.2) is 8.42 Å². The van der Waals surface area contributed by atoms with Gasteiger partial charge < -0.3 is 9.73 Å². The number of nitrogens with one attached hydrogen (secondary N) is 2. The molecule has 1 aliphatic rings. The summed E-state index contributed by atoms with van der Waals surface area (Å²) < 4.78 is 33.2. The largest absolute Gasteiger partial charge is 0.468 e. The highest BCUT2D eigenvalue weighted by molar-refractivity contribution is 7.92. The molecule has 1 amide bonds. The molecule has 2 heterocycles. The Morgan fingerprint density at radius 2 is 1.77 bits per heavy atom. The minimum atomic E-state index is -3.72. The number of rotatable bonds is 8. The van der Waals surface area contributed by atoms with Gasteiger partial charge in [-0.3, -0.25) is 14.4 Å². The first-order valence-electron chi connectivity index (χ1n) is 10.3. The zero-order valence-electron chi connectivity index (χ0n) is 17.0. The molecule has 31 heavy (non-hydrogen) atoms. The molecule has 0 unspecified atom stereocenters. The summed E-state index contributed by atoms with van der Waals surface area (Å²) in [4.78, 5) is 15.3. The molecule has 7 nitrogen and oxygen atoms in total. The maximum atomic E-state index is 12.8. The number of sulfonamides is 1. The van der Waals surface area contributed by atoms with Crippen molar-refractivity contribution in [2.24, 2.45) is 0 Å². The molecule has 0 bridgehead atoms. The molecular weight excluding hydrogens is 414 g/mol. The lowest BCUT2D eigenvalue weighted by Gasteiger charge is -2.26. The van der Waals surface area contributed by atoms with Gasteiger partial charge in [-0.2, -0.15) is 0 Å². The van der Waals surface area contributed by atoms with E-state index in [1.54, 1.807) is 42.7 Å². The van der Waals surface area contributed by atoms with Crippen molar-refractivity contribution in [3.05, 3.63) is 84.3 Å². The second-order valence-electron chi connectivity index (χ2n) is 7.48. The molecule has 8 heteroatoms.